The molecule has 5 heteroatoms. The number of nitrogens with zero attached hydrogens (tertiary/aromatic N) is 2. The van der Waals surface area contributed by atoms with Crippen molar-refractivity contribution in [1.29, 1.82) is 0 Å². The lowest BCUT2D eigenvalue weighted by Crippen LogP contribution is -2.31. The van der Waals surface area contributed by atoms with Crippen LogP contribution in [-0.2, 0) is 6.42 Å². The molecular formula is C15H15N3S2. The molecule has 2 N–H and O–H groups in total. The normalized spacial score (nSPS) is 19.4. The zero-order valence-corrected chi connectivity index (χ0v) is 12.5. The first-order valence-corrected chi connectivity index (χ1v) is 8.56. The lowest BCUT2D eigenvalue weighted by molar-refractivity contribution is 0.567. The van der Waals surface area contributed by atoms with Crippen molar-refractivity contribution in [3.8, 4) is 0 Å². The predicted molar refractivity (Wildman–Crippen MR) is 84.7 cm³/mol. The van der Waals surface area contributed by atoms with Crippen molar-refractivity contribution in [2.45, 2.75) is 23.3 Å². The molecule has 4 rings (SSSR count). The zero-order chi connectivity index (χ0) is 13.5. The van der Waals surface area contributed by atoms with E-state index in [1.165, 1.54) is 10.5 Å². The Kier molecular flexibility index (Phi) is 3.06. The lowest BCUT2D eigenvalue weighted by Gasteiger charge is -2.18. The summed E-state index contributed by atoms with van der Waals surface area (Å²) in [6.07, 6.45) is 4.98. The van der Waals surface area contributed by atoms with Gasteiger partial charge in [0.25, 0.3) is 0 Å². The third kappa shape index (κ3) is 2.06. The Hall–Kier alpha value is -1.30. The van der Waals surface area contributed by atoms with Crippen LogP contribution in [0.4, 0.5) is 0 Å². The summed E-state index contributed by atoms with van der Waals surface area (Å²) in [5, 5.41) is 2.05. The molecule has 2 unspecified atom stereocenters. The van der Waals surface area contributed by atoms with Crippen LogP contribution in [0.2, 0.25) is 0 Å². The second-order valence-corrected chi connectivity index (χ2v) is 7.08. The van der Waals surface area contributed by atoms with E-state index in [2.05, 4.69) is 45.2 Å². The molecule has 20 heavy (non-hydrogen) atoms. The Morgan fingerprint density at radius 3 is 3.20 bits per heavy atom. The molecular weight excluding hydrogens is 286 g/mol. The van der Waals surface area contributed by atoms with Crippen molar-refractivity contribution >= 4 is 28.1 Å². The molecule has 1 aliphatic heterocycles. The number of nitrogens with two attached hydrogens (primary N) is 1. The summed E-state index contributed by atoms with van der Waals surface area (Å²) in [4.78, 5) is 7.07. The average molecular weight is 301 g/mol. The van der Waals surface area contributed by atoms with Gasteiger partial charge in [-0.3, -0.25) is 4.40 Å². The number of benzene rings is 1. The molecule has 0 amide bonds. The molecule has 0 spiro atoms. The van der Waals surface area contributed by atoms with Gasteiger partial charge in [0.05, 0.1) is 5.69 Å². The smallest absolute Gasteiger partial charge is 0.193 e. The van der Waals surface area contributed by atoms with Crippen LogP contribution < -0.4 is 5.73 Å². The van der Waals surface area contributed by atoms with Gasteiger partial charge in [0.15, 0.2) is 4.96 Å². The maximum atomic E-state index is 6.46. The van der Waals surface area contributed by atoms with Crippen LogP contribution >= 0.6 is 23.1 Å². The molecule has 3 heterocycles. The summed E-state index contributed by atoms with van der Waals surface area (Å²) in [5.41, 5.74) is 8.96. The number of hydrogen-bond acceptors (Lipinski definition) is 4. The molecule has 0 bridgehead atoms. The monoisotopic (exact) mass is 301 g/mol. The number of aromatic nitrogens is 2. The molecule has 0 saturated carbocycles. The van der Waals surface area contributed by atoms with Crippen molar-refractivity contribution < 1.29 is 0 Å². The van der Waals surface area contributed by atoms with Gasteiger partial charge >= 0.3 is 0 Å². The van der Waals surface area contributed by atoms with Crippen molar-refractivity contribution in [1.82, 2.24) is 9.38 Å². The summed E-state index contributed by atoms with van der Waals surface area (Å²) in [5.74, 6) is 1.53. The number of thioether (sulfide) groups is 1. The quantitative estimate of drug-likeness (QED) is 0.808. The number of thiazole rings is 1. The van der Waals surface area contributed by atoms with Crippen LogP contribution in [0.3, 0.4) is 0 Å². The van der Waals surface area contributed by atoms with Crippen LogP contribution in [0, 0.1) is 0 Å². The first-order valence-electron chi connectivity index (χ1n) is 6.69. The molecule has 2 aromatic heterocycles. The van der Waals surface area contributed by atoms with Gasteiger partial charge in [-0.15, -0.1) is 23.1 Å². The van der Waals surface area contributed by atoms with Gasteiger partial charge in [-0.2, -0.15) is 0 Å². The molecule has 1 aliphatic rings. The summed E-state index contributed by atoms with van der Waals surface area (Å²) in [6, 6.07) is 8.75. The lowest BCUT2D eigenvalue weighted by atomic mass is 9.91. The maximum absolute atomic E-state index is 6.46. The highest BCUT2D eigenvalue weighted by atomic mass is 32.2. The molecule has 3 aromatic rings. The average Bonchev–Trinajstić information content (AvgIpc) is 3.10. The summed E-state index contributed by atoms with van der Waals surface area (Å²) in [6.45, 7) is 0. The minimum absolute atomic E-state index is 0.135. The van der Waals surface area contributed by atoms with E-state index in [-0.39, 0.29) is 6.04 Å². The van der Waals surface area contributed by atoms with Crippen molar-refractivity contribution in [2.75, 3.05) is 5.75 Å². The number of rotatable bonds is 3. The first kappa shape index (κ1) is 12.4. The van der Waals surface area contributed by atoms with Gasteiger partial charge in [-0.25, -0.2) is 4.98 Å². The van der Waals surface area contributed by atoms with Gasteiger partial charge < -0.3 is 5.73 Å². The zero-order valence-electron chi connectivity index (χ0n) is 10.9. The minimum Gasteiger partial charge on any atom is -0.327 e. The Morgan fingerprint density at radius 2 is 2.30 bits per heavy atom. The van der Waals surface area contributed by atoms with E-state index in [4.69, 9.17) is 5.73 Å². The fraction of sp³-hybridized carbons (Fsp3) is 0.267. The highest BCUT2D eigenvalue weighted by Crippen LogP contribution is 2.41. The van der Waals surface area contributed by atoms with Gasteiger partial charge in [0.1, 0.15) is 0 Å². The number of hydrogen-bond donors (Lipinski definition) is 1. The van der Waals surface area contributed by atoms with E-state index >= 15 is 0 Å². The Bertz CT molecular complexity index is 718. The van der Waals surface area contributed by atoms with E-state index < -0.39 is 0 Å². The molecule has 0 aliphatic carbocycles. The summed E-state index contributed by atoms with van der Waals surface area (Å²) >= 11 is 3.58. The second-order valence-electron chi connectivity index (χ2n) is 5.15. The third-order valence-electron chi connectivity index (χ3n) is 3.84. The number of fused-ring (bicyclic) bond motifs is 2. The SMILES string of the molecule is NC(Cc1cn2ccsc2n1)C1CSc2ccccc21. The van der Waals surface area contributed by atoms with Crippen molar-refractivity contribution in [3.63, 3.8) is 0 Å². The van der Waals surface area contributed by atoms with Crippen LogP contribution in [-0.4, -0.2) is 21.2 Å². The Labute approximate surface area is 125 Å². The van der Waals surface area contributed by atoms with E-state index in [9.17, 15) is 0 Å². The second kappa shape index (κ2) is 4.91. The molecule has 102 valence electrons. The fourth-order valence-electron chi connectivity index (χ4n) is 2.80. The predicted octanol–water partition coefficient (Wildman–Crippen LogP) is 3.16. The molecule has 0 saturated heterocycles. The molecule has 1 aromatic carbocycles. The van der Waals surface area contributed by atoms with Gasteiger partial charge in [0, 0.05) is 46.8 Å². The Morgan fingerprint density at radius 1 is 1.40 bits per heavy atom. The van der Waals surface area contributed by atoms with E-state index in [0.29, 0.717) is 5.92 Å². The largest absolute Gasteiger partial charge is 0.327 e. The highest BCUT2D eigenvalue weighted by molar-refractivity contribution is 7.99. The molecule has 0 radical (unpaired) electrons. The maximum Gasteiger partial charge on any atom is 0.193 e. The topological polar surface area (TPSA) is 43.3 Å². The van der Waals surface area contributed by atoms with E-state index in [0.717, 1.165) is 22.8 Å². The van der Waals surface area contributed by atoms with Crippen LogP contribution in [0.5, 0.6) is 0 Å². The van der Waals surface area contributed by atoms with E-state index in [1.54, 1.807) is 11.3 Å². The molecule has 0 fully saturated rings. The minimum atomic E-state index is 0.135. The van der Waals surface area contributed by atoms with Gasteiger partial charge in [-0.1, -0.05) is 18.2 Å². The van der Waals surface area contributed by atoms with Crippen LogP contribution in [0.25, 0.3) is 4.96 Å². The van der Waals surface area contributed by atoms with Gasteiger partial charge in [-0.05, 0) is 11.6 Å². The molecule has 3 nitrogen and oxygen atoms in total. The van der Waals surface area contributed by atoms with Crippen molar-refractivity contribution in [3.05, 3.63) is 53.3 Å². The highest BCUT2D eigenvalue weighted by Gasteiger charge is 2.28. The van der Waals surface area contributed by atoms with E-state index in [1.807, 2.05) is 18.0 Å². The van der Waals surface area contributed by atoms with Crippen LogP contribution in [0.1, 0.15) is 17.2 Å². The van der Waals surface area contributed by atoms with Gasteiger partial charge in [0.2, 0.25) is 0 Å². The number of imidazole rings is 1. The van der Waals surface area contributed by atoms with Crippen molar-refractivity contribution in [2.24, 2.45) is 5.73 Å². The third-order valence-corrected chi connectivity index (χ3v) is 5.82. The summed E-state index contributed by atoms with van der Waals surface area (Å²) in [7, 11) is 0. The fourth-order valence-corrected chi connectivity index (χ4v) is 4.87. The Balaban J connectivity index is 1.56. The standard InChI is InChI=1S/C15H15N3S2/c16-13(7-10-8-18-5-6-19-15(18)17-10)12-9-20-14-4-2-1-3-11(12)14/h1-6,8,12-13H,7,9,16H2. The molecule has 2 atom stereocenters. The first-order chi connectivity index (χ1) is 9.81. The van der Waals surface area contributed by atoms with Crippen LogP contribution in [0.15, 0.2) is 46.9 Å². The summed E-state index contributed by atoms with van der Waals surface area (Å²) < 4.78 is 2.07.